The second-order valence-corrected chi connectivity index (χ2v) is 7.29. The maximum atomic E-state index is 5.41. The van der Waals surface area contributed by atoms with Crippen molar-refractivity contribution in [3.05, 3.63) is 65.3 Å². The van der Waals surface area contributed by atoms with E-state index in [4.69, 9.17) is 4.74 Å². The molecule has 0 bridgehead atoms. The zero-order valence-corrected chi connectivity index (χ0v) is 16.2. The summed E-state index contributed by atoms with van der Waals surface area (Å²) in [5.41, 5.74) is 3.73. The fraction of sp³-hybridized carbons (Fsp3) is 0.227. The van der Waals surface area contributed by atoms with Crippen molar-refractivity contribution in [2.24, 2.45) is 0 Å². The minimum absolute atomic E-state index is 0.901. The van der Waals surface area contributed by atoms with E-state index in [1.54, 1.807) is 7.11 Å². The number of anilines is 1. The largest absolute Gasteiger partial charge is 0.497 e. The smallest absolute Gasteiger partial charge is 0.212 e. The summed E-state index contributed by atoms with van der Waals surface area (Å²) < 4.78 is 7.79. The summed E-state index contributed by atoms with van der Waals surface area (Å²) in [6.07, 6.45) is 2.30. The number of aromatic nitrogens is 1. The van der Waals surface area contributed by atoms with Crippen LogP contribution in [0.25, 0.3) is 17.0 Å². The van der Waals surface area contributed by atoms with Crippen molar-refractivity contribution in [2.45, 2.75) is 25.3 Å². The van der Waals surface area contributed by atoms with Crippen molar-refractivity contribution in [1.82, 2.24) is 0 Å². The fourth-order valence-electron chi connectivity index (χ4n) is 3.53. The Balaban J connectivity index is 1.80. The Hall–Kier alpha value is -2.46. The molecule has 3 nitrogen and oxygen atoms in total. The number of hydrogen-bond acceptors (Lipinski definition) is 3. The number of benzene rings is 2. The number of para-hydroxylation sites is 1. The van der Waals surface area contributed by atoms with Crippen molar-refractivity contribution >= 4 is 34.4 Å². The van der Waals surface area contributed by atoms with Crippen molar-refractivity contribution < 1.29 is 9.30 Å². The van der Waals surface area contributed by atoms with Crippen LogP contribution in [0.1, 0.15) is 19.5 Å². The van der Waals surface area contributed by atoms with Gasteiger partial charge in [0.25, 0.3) is 0 Å². The van der Waals surface area contributed by atoms with Crippen LogP contribution < -0.4 is 14.2 Å². The highest BCUT2D eigenvalue weighted by Gasteiger charge is 2.26. The molecule has 0 saturated carbocycles. The average Bonchev–Trinajstić information content (AvgIpc) is 3.03. The summed E-state index contributed by atoms with van der Waals surface area (Å²) in [5, 5.41) is 2.53. The van der Waals surface area contributed by atoms with Crippen molar-refractivity contribution in [3.63, 3.8) is 0 Å². The lowest BCUT2D eigenvalue weighted by atomic mass is 10.2. The van der Waals surface area contributed by atoms with E-state index in [1.165, 1.54) is 32.2 Å². The molecule has 1 aliphatic rings. The number of thioether (sulfide) groups is 1. The van der Waals surface area contributed by atoms with Gasteiger partial charge in [0.2, 0.25) is 11.2 Å². The van der Waals surface area contributed by atoms with Crippen LogP contribution in [0.5, 0.6) is 5.75 Å². The van der Waals surface area contributed by atoms with Crippen LogP contribution in [0.15, 0.2) is 64.5 Å². The van der Waals surface area contributed by atoms with Crippen LogP contribution in [-0.4, -0.2) is 13.7 Å². The molecule has 132 valence electrons. The standard InChI is InChI=1S/C22H23N2OS/c1-4-23-17(11-10-16-8-6-7-9-19(16)23)14-22-24(5-2)20-15-18(25-3)12-13-21(20)26-22/h6-15H,4-5H2,1-3H3/q+1. The zero-order chi connectivity index (χ0) is 18.1. The summed E-state index contributed by atoms with van der Waals surface area (Å²) in [7, 11) is 1.72. The highest BCUT2D eigenvalue weighted by Crippen LogP contribution is 2.47. The lowest BCUT2D eigenvalue weighted by Crippen LogP contribution is -2.36. The van der Waals surface area contributed by atoms with Crippen LogP contribution in [0.3, 0.4) is 0 Å². The molecule has 0 atom stereocenters. The van der Waals surface area contributed by atoms with E-state index in [1.807, 2.05) is 17.8 Å². The van der Waals surface area contributed by atoms with E-state index in [0.717, 1.165) is 18.8 Å². The molecular weight excluding hydrogens is 340 g/mol. The third-order valence-corrected chi connectivity index (χ3v) is 5.93. The SMILES string of the molecule is CCN1/C(=C\c2ccc3ccccc3[n+]2CC)Sc2ccc(OC)cc21. The second kappa shape index (κ2) is 7.04. The van der Waals surface area contributed by atoms with Gasteiger partial charge in [0, 0.05) is 41.1 Å². The molecule has 0 saturated heterocycles. The van der Waals surface area contributed by atoms with E-state index >= 15 is 0 Å². The highest BCUT2D eigenvalue weighted by atomic mass is 32.2. The molecule has 4 heteroatoms. The summed E-state index contributed by atoms with van der Waals surface area (Å²) in [6.45, 7) is 6.27. The molecule has 26 heavy (non-hydrogen) atoms. The number of ether oxygens (including phenoxy) is 1. The first-order chi connectivity index (χ1) is 12.7. The van der Waals surface area contributed by atoms with E-state index < -0.39 is 0 Å². The van der Waals surface area contributed by atoms with Gasteiger partial charge in [-0.1, -0.05) is 23.9 Å². The van der Waals surface area contributed by atoms with Gasteiger partial charge in [0.1, 0.15) is 12.3 Å². The van der Waals surface area contributed by atoms with Crippen molar-refractivity contribution in [2.75, 3.05) is 18.6 Å². The molecule has 0 spiro atoms. The van der Waals surface area contributed by atoms with E-state index in [-0.39, 0.29) is 0 Å². The molecule has 0 N–H and O–H groups in total. The second-order valence-electron chi connectivity index (χ2n) is 6.22. The number of fused-ring (bicyclic) bond motifs is 2. The van der Waals surface area contributed by atoms with Gasteiger partial charge < -0.3 is 9.64 Å². The van der Waals surface area contributed by atoms with Crippen LogP contribution in [-0.2, 0) is 6.54 Å². The Kier molecular flexibility index (Phi) is 4.60. The molecular formula is C22H23N2OS+. The van der Waals surface area contributed by atoms with E-state index in [2.05, 4.69) is 77.9 Å². The molecule has 0 unspecified atom stereocenters. The molecule has 1 aliphatic heterocycles. The first-order valence-electron chi connectivity index (χ1n) is 9.02. The third-order valence-electron chi connectivity index (χ3n) is 4.81. The molecule has 3 aromatic rings. The summed E-state index contributed by atoms with van der Waals surface area (Å²) in [4.78, 5) is 3.64. The normalized spacial score (nSPS) is 14.9. The van der Waals surface area contributed by atoms with Gasteiger partial charge in [-0.25, -0.2) is 0 Å². The number of rotatable bonds is 4. The minimum Gasteiger partial charge on any atom is -0.497 e. The average molecular weight is 364 g/mol. The summed E-state index contributed by atoms with van der Waals surface area (Å²) in [6, 6.07) is 19.3. The predicted octanol–water partition coefficient (Wildman–Crippen LogP) is 5.09. The number of pyridine rings is 1. The Morgan fingerprint density at radius 3 is 2.69 bits per heavy atom. The molecule has 2 heterocycles. The quantitative estimate of drug-likeness (QED) is 0.601. The fourth-order valence-corrected chi connectivity index (χ4v) is 4.68. The Labute approximate surface area is 158 Å². The molecule has 0 fully saturated rings. The molecule has 0 radical (unpaired) electrons. The minimum atomic E-state index is 0.901. The van der Waals surface area contributed by atoms with Crippen LogP contribution >= 0.6 is 11.8 Å². The van der Waals surface area contributed by atoms with E-state index in [9.17, 15) is 0 Å². The van der Waals surface area contributed by atoms with Gasteiger partial charge in [-0.05, 0) is 38.1 Å². The lowest BCUT2D eigenvalue weighted by Gasteiger charge is -2.18. The summed E-state index contributed by atoms with van der Waals surface area (Å²) >= 11 is 1.83. The molecule has 0 aliphatic carbocycles. The predicted molar refractivity (Wildman–Crippen MR) is 110 cm³/mol. The van der Waals surface area contributed by atoms with Crippen LogP contribution in [0.4, 0.5) is 5.69 Å². The Morgan fingerprint density at radius 2 is 1.92 bits per heavy atom. The number of nitrogens with zero attached hydrogens (tertiary/aromatic N) is 2. The number of methoxy groups -OCH3 is 1. The van der Waals surface area contributed by atoms with Crippen LogP contribution in [0.2, 0.25) is 0 Å². The molecule has 1 aromatic heterocycles. The van der Waals surface area contributed by atoms with Gasteiger partial charge >= 0.3 is 0 Å². The monoisotopic (exact) mass is 363 g/mol. The third kappa shape index (κ3) is 2.84. The van der Waals surface area contributed by atoms with Crippen molar-refractivity contribution in [1.29, 1.82) is 0 Å². The Bertz CT molecular complexity index is 997. The first-order valence-corrected chi connectivity index (χ1v) is 9.83. The van der Waals surface area contributed by atoms with Gasteiger partial charge in [-0.2, -0.15) is 4.57 Å². The topological polar surface area (TPSA) is 16.4 Å². The van der Waals surface area contributed by atoms with Gasteiger partial charge in [-0.3, -0.25) is 0 Å². The number of hydrogen-bond donors (Lipinski definition) is 0. The maximum absolute atomic E-state index is 5.41. The molecule has 0 amide bonds. The number of aryl methyl sites for hydroxylation is 1. The maximum Gasteiger partial charge on any atom is 0.212 e. The van der Waals surface area contributed by atoms with Crippen molar-refractivity contribution in [3.8, 4) is 5.75 Å². The Morgan fingerprint density at radius 1 is 1.08 bits per heavy atom. The zero-order valence-electron chi connectivity index (χ0n) is 15.4. The molecule has 4 rings (SSSR count). The first kappa shape index (κ1) is 17.0. The lowest BCUT2D eigenvalue weighted by molar-refractivity contribution is -0.669. The summed E-state index contributed by atoms with van der Waals surface area (Å²) in [5.74, 6) is 0.901. The van der Waals surface area contributed by atoms with Gasteiger partial charge in [0.15, 0.2) is 0 Å². The molecule has 2 aromatic carbocycles. The van der Waals surface area contributed by atoms with Gasteiger partial charge in [0.05, 0.1) is 17.8 Å². The van der Waals surface area contributed by atoms with Gasteiger partial charge in [-0.15, -0.1) is 0 Å². The highest BCUT2D eigenvalue weighted by molar-refractivity contribution is 8.03. The van der Waals surface area contributed by atoms with Crippen LogP contribution in [0, 0.1) is 0 Å². The van der Waals surface area contributed by atoms with E-state index in [0.29, 0.717) is 0 Å².